The summed E-state index contributed by atoms with van der Waals surface area (Å²) < 4.78 is 0. The molecule has 0 saturated heterocycles. The van der Waals surface area contributed by atoms with Gasteiger partial charge in [-0.15, -0.1) is 0 Å². The minimum absolute atomic E-state index is 0.00587. The molecule has 0 spiro atoms. The van der Waals surface area contributed by atoms with Gasteiger partial charge in [0.1, 0.15) is 6.04 Å². The van der Waals surface area contributed by atoms with Crippen molar-refractivity contribution in [3.05, 3.63) is 0 Å². The quantitative estimate of drug-likeness (QED) is 0.428. The molecule has 1 atom stereocenters. The van der Waals surface area contributed by atoms with Crippen LogP contribution in [0.25, 0.3) is 0 Å². The van der Waals surface area contributed by atoms with E-state index >= 15 is 0 Å². The number of carboxylic acids is 3. The first-order chi connectivity index (χ1) is 6.93. The van der Waals surface area contributed by atoms with E-state index in [9.17, 15) is 14.4 Å². The van der Waals surface area contributed by atoms with E-state index in [1.807, 2.05) is 0 Å². The fourth-order valence-corrected chi connectivity index (χ4v) is 0.934. The fourth-order valence-electron chi connectivity index (χ4n) is 0.934. The zero-order valence-electron chi connectivity index (χ0n) is 7.97. The lowest BCUT2D eigenvalue weighted by Crippen LogP contribution is -2.38. The van der Waals surface area contributed by atoms with Crippen molar-refractivity contribution >= 4 is 17.9 Å². The molecule has 0 fully saturated rings. The van der Waals surface area contributed by atoms with E-state index < -0.39 is 23.9 Å². The summed E-state index contributed by atoms with van der Waals surface area (Å²) in [5.74, 6) is -3.30. The van der Waals surface area contributed by atoms with E-state index in [0.29, 0.717) is 0 Å². The third kappa shape index (κ3) is 7.44. The van der Waals surface area contributed by atoms with Gasteiger partial charge in [0.25, 0.3) is 0 Å². The van der Waals surface area contributed by atoms with Crippen molar-refractivity contribution in [2.45, 2.75) is 25.3 Å². The molecular weight excluding hydrogens is 206 g/mol. The Hall–Kier alpha value is -1.63. The second kappa shape index (κ2) is 6.77. The van der Waals surface area contributed by atoms with E-state index in [1.165, 1.54) is 0 Å². The molecule has 0 saturated carbocycles. The zero-order valence-corrected chi connectivity index (χ0v) is 7.97. The molecular formula is C8H13NO6. The molecule has 0 rings (SSSR count). The molecule has 0 amide bonds. The summed E-state index contributed by atoms with van der Waals surface area (Å²) in [5, 5.41) is 27.8. The molecule has 0 aromatic heterocycles. The SMILES string of the molecule is O=C(O)CCNC(CCC(=O)O)C(=O)O. The van der Waals surface area contributed by atoms with E-state index in [-0.39, 0.29) is 25.8 Å². The predicted octanol–water partition coefficient (Wildman–Crippen LogP) is -0.631. The fraction of sp³-hybridized carbons (Fsp3) is 0.625. The zero-order chi connectivity index (χ0) is 11.8. The first kappa shape index (κ1) is 13.4. The molecule has 4 N–H and O–H groups in total. The molecule has 0 aliphatic carbocycles. The lowest BCUT2D eigenvalue weighted by Gasteiger charge is -2.11. The summed E-state index contributed by atoms with van der Waals surface area (Å²) in [6.45, 7) is 0.00587. The van der Waals surface area contributed by atoms with Gasteiger partial charge in [-0.2, -0.15) is 0 Å². The number of carboxylic acid groups (broad SMARTS) is 3. The van der Waals surface area contributed by atoms with Crippen molar-refractivity contribution in [2.75, 3.05) is 6.54 Å². The van der Waals surface area contributed by atoms with Gasteiger partial charge in [0.2, 0.25) is 0 Å². The van der Waals surface area contributed by atoms with Crippen LogP contribution >= 0.6 is 0 Å². The maximum atomic E-state index is 10.6. The molecule has 86 valence electrons. The van der Waals surface area contributed by atoms with Crippen LogP contribution in [0.5, 0.6) is 0 Å². The summed E-state index contributed by atoms with van der Waals surface area (Å²) in [6, 6.07) is -1.01. The maximum absolute atomic E-state index is 10.6. The first-order valence-electron chi connectivity index (χ1n) is 4.33. The standard InChI is InChI=1S/C8H13NO6/c10-6(11)2-1-5(8(14)15)9-4-3-7(12)13/h5,9H,1-4H2,(H,10,11)(H,12,13)(H,14,15). The second-order valence-corrected chi connectivity index (χ2v) is 2.92. The van der Waals surface area contributed by atoms with Crippen LogP contribution in [0.1, 0.15) is 19.3 Å². The lowest BCUT2D eigenvalue weighted by molar-refractivity contribution is -0.142. The lowest BCUT2D eigenvalue weighted by atomic mass is 10.1. The van der Waals surface area contributed by atoms with Gasteiger partial charge in [0.05, 0.1) is 6.42 Å². The van der Waals surface area contributed by atoms with Crippen LogP contribution in [-0.2, 0) is 14.4 Å². The Morgan fingerprint density at radius 2 is 1.53 bits per heavy atom. The maximum Gasteiger partial charge on any atom is 0.320 e. The van der Waals surface area contributed by atoms with Crippen LogP contribution in [0, 0.1) is 0 Å². The normalized spacial score (nSPS) is 12.0. The molecule has 0 aliphatic heterocycles. The molecule has 0 bridgehead atoms. The molecule has 1 unspecified atom stereocenters. The van der Waals surface area contributed by atoms with Crippen molar-refractivity contribution in [2.24, 2.45) is 0 Å². The van der Waals surface area contributed by atoms with Gasteiger partial charge in [0, 0.05) is 13.0 Å². The van der Waals surface area contributed by atoms with Crippen molar-refractivity contribution in [3.63, 3.8) is 0 Å². The monoisotopic (exact) mass is 219 g/mol. The molecule has 7 heteroatoms. The number of aliphatic carboxylic acids is 3. The Labute approximate surface area is 85.7 Å². The summed E-state index contributed by atoms with van der Waals surface area (Å²) in [7, 11) is 0. The Morgan fingerprint density at radius 3 is 1.93 bits per heavy atom. The molecule has 0 aliphatic rings. The highest BCUT2D eigenvalue weighted by atomic mass is 16.4. The molecule has 0 radical (unpaired) electrons. The Kier molecular flexibility index (Phi) is 6.03. The van der Waals surface area contributed by atoms with E-state index in [0.717, 1.165) is 0 Å². The van der Waals surface area contributed by atoms with Crippen LogP contribution in [0.3, 0.4) is 0 Å². The smallest absolute Gasteiger partial charge is 0.320 e. The number of rotatable bonds is 8. The molecule has 7 nitrogen and oxygen atoms in total. The van der Waals surface area contributed by atoms with Gasteiger partial charge in [-0.1, -0.05) is 0 Å². The van der Waals surface area contributed by atoms with Crippen LogP contribution < -0.4 is 5.32 Å². The van der Waals surface area contributed by atoms with Crippen LogP contribution in [-0.4, -0.2) is 45.8 Å². The molecule has 0 heterocycles. The number of nitrogens with one attached hydrogen (secondary N) is 1. The Balaban J connectivity index is 3.88. The minimum atomic E-state index is -1.18. The van der Waals surface area contributed by atoms with Crippen molar-refractivity contribution in [3.8, 4) is 0 Å². The largest absolute Gasteiger partial charge is 0.481 e. The predicted molar refractivity (Wildman–Crippen MR) is 48.5 cm³/mol. The third-order valence-corrected chi connectivity index (χ3v) is 1.67. The Bertz CT molecular complexity index is 252. The average molecular weight is 219 g/mol. The first-order valence-corrected chi connectivity index (χ1v) is 4.33. The van der Waals surface area contributed by atoms with Crippen LogP contribution in [0.4, 0.5) is 0 Å². The van der Waals surface area contributed by atoms with Gasteiger partial charge < -0.3 is 20.6 Å². The van der Waals surface area contributed by atoms with Crippen molar-refractivity contribution in [1.29, 1.82) is 0 Å². The average Bonchev–Trinajstić information content (AvgIpc) is 2.09. The van der Waals surface area contributed by atoms with Gasteiger partial charge >= 0.3 is 17.9 Å². The Morgan fingerprint density at radius 1 is 1.00 bits per heavy atom. The van der Waals surface area contributed by atoms with Crippen LogP contribution in [0.15, 0.2) is 0 Å². The summed E-state index contributed by atoms with van der Waals surface area (Å²) in [5.41, 5.74) is 0. The highest BCUT2D eigenvalue weighted by molar-refractivity contribution is 5.75. The van der Waals surface area contributed by atoms with E-state index in [1.54, 1.807) is 0 Å². The van der Waals surface area contributed by atoms with Gasteiger partial charge in [0.15, 0.2) is 0 Å². The highest BCUT2D eigenvalue weighted by Gasteiger charge is 2.17. The van der Waals surface area contributed by atoms with Gasteiger partial charge in [-0.25, -0.2) is 0 Å². The summed E-state index contributed by atoms with van der Waals surface area (Å²) in [6.07, 6.45) is -0.530. The van der Waals surface area contributed by atoms with E-state index in [4.69, 9.17) is 15.3 Å². The number of carbonyl (C=O) groups is 3. The second-order valence-electron chi connectivity index (χ2n) is 2.92. The van der Waals surface area contributed by atoms with Gasteiger partial charge in [-0.05, 0) is 6.42 Å². The summed E-state index contributed by atoms with van der Waals surface area (Å²) >= 11 is 0. The number of hydrogen-bond acceptors (Lipinski definition) is 4. The van der Waals surface area contributed by atoms with E-state index in [2.05, 4.69) is 5.32 Å². The third-order valence-electron chi connectivity index (χ3n) is 1.67. The van der Waals surface area contributed by atoms with Crippen molar-refractivity contribution < 1.29 is 29.7 Å². The highest BCUT2D eigenvalue weighted by Crippen LogP contribution is 1.98. The minimum Gasteiger partial charge on any atom is -0.481 e. The van der Waals surface area contributed by atoms with Crippen molar-refractivity contribution in [1.82, 2.24) is 5.32 Å². The molecule has 0 aromatic carbocycles. The topological polar surface area (TPSA) is 124 Å². The number of hydrogen-bond donors (Lipinski definition) is 4. The van der Waals surface area contributed by atoms with Crippen LogP contribution in [0.2, 0.25) is 0 Å². The van der Waals surface area contributed by atoms with Gasteiger partial charge in [-0.3, -0.25) is 14.4 Å². The molecule has 15 heavy (non-hydrogen) atoms. The molecule has 0 aromatic rings. The summed E-state index contributed by atoms with van der Waals surface area (Å²) in [4.78, 5) is 30.9.